The Hall–Kier alpha value is -2.93. The van der Waals surface area contributed by atoms with Gasteiger partial charge >= 0.3 is 0 Å². The van der Waals surface area contributed by atoms with Gasteiger partial charge in [0.2, 0.25) is 11.7 Å². The van der Waals surface area contributed by atoms with E-state index in [2.05, 4.69) is 26.1 Å². The number of pyridine rings is 1. The lowest BCUT2D eigenvalue weighted by molar-refractivity contribution is 0.298. The summed E-state index contributed by atoms with van der Waals surface area (Å²) in [5, 5.41) is 4.11. The first kappa shape index (κ1) is 17.5. The van der Waals surface area contributed by atoms with Crippen LogP contribution in [0.5, 0.6) is 11.5 Å². The van der Waals surface area contributed by atoms with Crippen LogP contribution in [0.15, 0.2) is 47.2 Å². The summed E-state index contributed by atoms with van der Waals surface area (Å²) < 4.78 is 16.5. The zero-order valence-corrected chi connectivity index (χ0v) is 15.5. The second kappa shape index (κ2) is 7.75. The molecule has 0 saturated carbocycles. The molecule has 1 aliphatic heterocycles. The van der Waals surface area contributed by atoms with E-state index >= 15 is 0 Å². The van der Waals surface area contributed by atoms with Gasteiger partial charge in [0.25, 0.3) is 0 Å². The van der Waals surface area contributed by atoms with Crippen LogP contribution in [0.1, 0.15) is 23.8 Å². The smallest absolute Gasteiger partial charge is 0.231 e. The van der Waals surface area contributed by atoms with Gasteiger partial charge in [-0.05, 0) is 31.2 Å². The van der Waals surface area contributed by atoms with Crippen LogP contribution in [0.3, 0.4) is 0 Å². The predicted octanol–water partition coefficient (Wildman–Crippen LogP) is 3.14. The van der Waals surface area contributed by atoms with Gasteiger partial charge in [-0.1, -0.05) is 17.3 Å². The standard InChI is InChI=1S/C20H22N4O3/c1-25-17-7-3-5-15(18(17)26-2)12-24-10-8-16(13-24)20-22-19(23-27-20)14-6-4-9-21-11-14/h3-7,9,11,16H,8,10,12-13H2,1-2H3/t16-/m1/s1. The molecular formula is C20H22N4O3. The van der Waals surface area contributed by atoms with E-state index in [9.17, 15) is 0 Å². The highest BCUT2D eigenvalue weighted by molar-refractivity contribution is 5.52. The molecule has 1 fully saturated rings. The summed E-state index contributed by atoms with van der Waals surface area (Å²) in [5.41, 5.74) is 1.97. The number of nitrogens with zero attached hydrogens (tertiary/aromatic N) is 4. The minimum atomic E-state index is 0.236. The fourth-order valence-electron chi connectivity index (χ4n) is 3.51. The lowest BCUT2D eigenvalue weighted by atomic mass is 10.1. The number of rotatable bonds is 6. The first-order valence-corrected chi connectivity index (χ1v) is 8.94. The summed E-state index contributed by atoms with van der Waals surface area (Å²) in [6.45, 7) is 2.63. The zero-order chi connectivity index (χ0) is 18.6. The van der Waals surface area contributed by atoms with Crippen molar-refractivity contribution in [3.8, 4) is 22.9 Å². The topological polar surface area (TPSA) is 73.5 Å². The first-order valence-electron chi connectivity index (χ1n) is 8.94. The zero-order valence-electron chi connectivity index (χ0n) is 15.5. The lowest BCUT2D eigenvalue weighted by Crippen LogP contribution is -2.20. The fourth-order valence-corrected chi connectivity index (χ4v) is 3.51. The third kappa shape index (κ3) is 3.64. The summed E-state index contributed by atoms with van der Waals surface area (Å²) in [7, 11) is 3.33. The van der Waals surface area contributed by atoms with E-state index in [1.165, 1.54) is 0 Å². The van der Waals surface area contributed by atoms with Crippen molar-refractivity contribution in [3.63, 3.8) is 0 Å². The van der Waals surface area contributed by atoms with Gasteiger partial charge in [-0.25, -0.2) is 0 Å². The Morgan fingerprint density at radius 2 is 2.11 bits per heavy atom. The van der Waals surface area contributed by atoms with Crippen molar-refractivity contribution in [2.45, 2.75) is 18.9 Å². The van der Waals surface area contributed by atoms with E-state index in [0.29, 0.717) is 11.7 Å². The van der Waals surface area contributed by atoms with Crippen LogP contribution in [0.4, 0.5) is 0 Å². The van der Waals surface area contributed by atoms with Gasteiger partial charge in [0, 0.05) is 36.6 Å². The molecule has 0 unspecified atom stereocenters. The molecule has 7 nitrogen and oxygen atoms in total. The van der Waals surface area contributed by atoms with Crippen molar-refractivity contribution in [2.75, 3.05) is 27.3 Å². The van der Waals surface area contributed by atoms with Crippen LogP contribution < -0.4 is 9.47 Å². The molecule has 1 aliphatic rings. The molecule has 1 saturated heterocycles. The van der Waals surface area contributed by atoms with Crippen molar-refractivity contribution in [1.29, 1.82) is 0 Å². The van der Waals surface area contributed by atoms with Crippen LogP contribution in [-0.2, 0) is 6.54 Å². The highest BCUT2D eigenvalue weighted by Crippen LogP contribution is 2.34. The maximum Gasteiger partial charge on any atom is 0.231 e. The number of benzene rings is 1. The largest absolute Gasteiger partial charge is 0.493 e. The average molecular weight is 366 g/mol. The third-order valence-corrected chi connectivity index (χ3v) is 4.86. The summed E-state index contributed by atoms with van der Waals surface area (Å²) in [6, 6.07) is 9.76. The van der Waals surface area contributed by atoms with Gasteiger partial charge < -0.3 is 14.0 Å². The molecule has 2 aromatic heterocycles. The number of methoxy groups -OCH3 is 2. The third-order valence-electron chi connectivity index (χ3n) is 4.86. The summed E-state index contributed by atoms with van der Waals surface area (Å²) >= 11 is 0. The van der Waals surface area contributed by atoms with Gasteiger partial charge in [-0.3, -0.25) is 9.88 Å². The Labute approximate surface area is 157 Å². The molecule has 0 radical (unpaired) electrons. The molecule has 0 spiro atoms. The van der Waals surface area contributed by atoms with Crippen molar-refractivity contribution in [2.24, 2.45) is 0 Å². The average Bonchev–Trinajstić information content (AvgIpc) is 3.38. The molecule has 0 bridgehead atoms. The molecule has 7 heteroatoms. The highest BCUT2D eigenvalue weighted by Gasteiger charge is 2.29. The number of ether oxygens (including phenoxy) is 2. The molecule has 3 aromatic rings. The molecule has 0 aliphatic carbocycles. The predicted molar refractivity (Wildman–Crippen MR) is 99.7 cm³/mol. The van der Waals surface area contributed by atoms with Crippen LogP contribution >= 0.6 is 0 Å². The summed E-state index contributed by atoms with van der Waals surface area (Å²) in [5.74, 6) is 3.06. The number of hydrogen-bond acceptors (Lipinski definition) is 7. The molecule has 1 atom stereocenters. The maximum absolute atomic E-state index is 5.54. The molecule has 1 aromatic carbocycles. The first-order chi connectivity index (χ1) is 13.3. The van der Waals surface area contributed by atoms with E-state index in [1.54, 1.807) is 26.6 Å². The SMILES string of the molecule is COc1cccc(CN2CC[C@@H](c3nc(-c4cccnc4)no3)C2)c1OC. The van der Waals surface area contributed by atoms with Crippen LogP contribution in [0.2, 0.25) is 0 Å². The molecular weight excluding hydrogens is 344 g/mol. The molecule has 0 N–H and O–H groups in total. The van der Waals surface area contributed by atoms with E-state index in [-0.39, 0.29) is 5.92 Å². The number of hydrogen-bond donors (Lipinski definition) is 0. The Balaban J connectivity index is 1.45. The normalized spacial score (nSPS) is 17.2. The maximum atomic E-state index is 5.54. The monoisotopic (exact) mass is 366 g/mol. The van der Waals surface area contributed by atoms with Crippen LogP contribution in [0.25, 0.3) is 11.4 Å². The van der Waals surface area contributed by atoms with Crippen molar-refractivity contribution in [1.82, 2.24) is 20.0 Å². The second-order valence-electron chi connectivity index (χ2n) is 6.57. The number of likely N-dealkylation sites (tertiary alicyclic amines) is 1. The van der Waals surface area contributed by atoms with Crippen molar-refractivity contribution < 1.29 is 14.0 Å². The van der Waals surface area contributed by atoms with E-state index < -0.39 is 0 Å². The van der Waals surface area contributed by atoms with Crippen molar-refractivity contribution >= 4 is 0 Å². The van der Waals surface area contributed by atoms with Gasteiger partial charge in [-0.15, -0.1) is 0 Å². The quantitative estimate of drug-likeness (QED) is 0.663. The van der Waals surface area contributed by atoms with E-state index in [4.69, 9.17) is 14.0 Å². The van der Waals surface area contributed by atoms with Gasteiger partial charge in [-0.2, -0.15) is 4.98 Å². The minimum Gasteiger partial charge on any atom is -0.493 e. The van der Waals surface area contributed by atoms with Gasteiger partial charge in [0.15, 0.2) is 11.5 Å². The van der Waals surface area contributed by atoms with E-state index in [1.807, 2.05) is 24.3 Å². The van der Waals surface area contributed by atoms with Gasteiger partial charge in [0.1, 0.15) is 0 Å². The fraction of sp³-hybridized carbons (Fsp3) is 0.350. The van der Waals surface area contributed by atoms with Crippen LogP contribution in [0, 0.1) is 0 Å². The van der Waals surface area contributed by atoms with E-state index in [0.717, 1.165) is 48.7 Å². The Morgan fingerprint density at radius 1 is 1.19 bits per heavy atom. The minimum absolute atomic E-state index is 0.236. The summed E-state index contributed by atoms with van der Waals surface area (Å²) in [6.07, 6.45) is 4.46. The highest BCUT2D eigenvalue weighted by atomic mass is 16.5. The Bertz CT molecular complexity index is 897. The second-order valence-corrected chi connectivity index (χ2v) is 6.57. The lowest BCUT2D eigenvalue weighted by Gasteiger charge is -2.18. The summed E-state index contributed by atoms with van der Waals surface area (Å²) in [4.78, 5) is 11.1. The molecule has 27 heavy (non-hydrogen) atoms. The molecule has 0 amide bonds. The Kier molecular flexibility index (Phi) is 5.02. The molecule has 140 valence electrons. The molecule has 4 rings (SSSR count). The Morgan fingerprint density at radius 3 is 2.89 bits per heavy atom. The van der Waals surface area contributed by atoms with Gasteiger partial charge in [0.05, 0.1) is 20.1 Å². The number of para-hydroxylation sites is 1. The van der Waals surface area contributed by atoms with Crippen LogP contribution in [-0.4, -0.2) is 47.3 Å². The number of aromatic nitrogens is 3. The van der Waals surface area contributed by atoms with Crippen molar-refractivity contribution in [3.05, 3.63) is 54.2 Å². The molecule has 3 heterocycles.